The molecule has 190 valence electrons. The Labute approximate surface area is 200 Å². The second-order valence-corrected chi connectivity index (χ2v) is 10.6. The molecule has 1 heterocycles. The van der Waals surface area contributed by atoms with Crippen molar-refractivity contribution in [1.82, 2.24) is 5.32 Å². The fourth-order valence-electron chi connectivity index (χ4n) is 3.22. The molecule has 2 aromatic rings. The Kier molecular flexibility index (Phi) is 7.20. The van der Waals surface area contributed by atoms with E-state index in [2.05, 4.69) is 10.6 Å². The van der Waals surface area contributed by atoms with Crippen molar-refractivity contribution in [2.24, 2.45) is 0 Å². The number of nitrogens with zero attached hydrogens (tertiary/aromatic N) is 1. The number of hydrogen-bond donors (Lipinski definition) is 2. The van der Waals surface area contributed by atoms with Crippen molar-refractivity contribution in [2.75, 3.05) is 22.7 Å². The standard InChI is InChI=1S/C22H24F3N3O6S/c1-12(29)26-10-14-11-28(35(31,32)15-5-6-16(23)17(24)9-15)19-8-13(7-18(25)20(19)33-14)27-21(30)34-22(2,3)4/h5-9,14H,10-11H2,1-4H3,(H,26,29)(H,27,30). The first-order valence-electron chi connectivity index (χ1n) is 10.4. The molecule has 0 spiro atoms. The third-order valence-electron chi connectivity index (χ3n) is 4.65. The van der Waals surface area contributed by atoms with Crippen molar-refractivity contribution in [1.29, 1.82) is 0 Å². The number of rotatable bonds is 5. The lowest BCUT2D eigenvalue weighted by molar-refractivity contribution is -0.119. The Morgan fingerprint density at radius 3 is 2.40 bits per heavy atom. The van der Waals surface area contributed by atoms with Gasteiger partial charge in [0.25, 0.3) is 10.0 Å². The van der Waals surface area contributed by atoms with E-state index in [1.807, 2.05) is 0 Å². The van der Waals surface area contributed by atoms with Crippen LogP contribution in [0.5, 0.6) is 5.75 Å². The van der Waals surface area contributed by atoms with Gasteiger partial charge in [-0.2, -0.15) is 0 Å². The average molecular weight is 516 g/mol. The minimum absolute atomic E-state index is 0.134. The summed E-state index contributed by atoms with van der Waals surface area (Å²) in [5.41, 5.74) is -1.27. The Morgan fingerprint density at radius 1 is 1.11 bits per heavy atom. The first-order valence-corrected chi connectivity index (χ1v) is 11.8. The summed E-state index contributed by atoms with van der Waals surface area (Å²) in [6.07, 6.45) is -1.92. The minimum Gasteiger partial charge on any atom is -0.481 e. The Hall–Kier alpha value is -3.48. The zero-order valence-electron chi connectivity index (χ0n) is 19.3. The summed E-state index contributed by atoms with van der Waals surface area (Å²) in [4.78, 5) is 22.9. The molecule has 13 heteroatoms. The molecular weight excluding hydrogens is 491 g/mol. The molecule has 1 unspecified atom stereocenters. The number of anilines is 2. The van der Waals surface area contributed by atoms with E-state index in [0.29, 0.717) is 12.1 Å². The van der Waals surface area contributed by atoms with Crippen LogP contribution in [-0.4, -0.2) is 45.2 Å². The monoisotopic (exact) mass is 515 g/mol. The van der Waals surface area contributed by atoms with E-state index >= 15 is 4.39 Å². The molecule has 1 atom stereocenters. The van der Waals surface area contributed by atoms with Crippen LogP contribution in [0.2, 0.25) is 0 Å². The number of nitrogens with one attached hydrogen (secondary N) is 2. The number of halogens is 3. The van der Waals surface area contributed by atoms with E-state index in [1.54, 1.807) is 20.8 Å². The second kappa shape index (κ2) is 9.64. The van der Waals surface area contributed by atoms with E-state index < -0.39 is 68.4 Å². The number of amides is 2. The minimum atomic E-state index is -4.55. The number of ether oxygens (including phenoxy) is 2. The van der Waals surface area contributed by atoms with Gasteiger partial charge in [0.1, 0.15) is 11.7 Å². The van der Waals surface area contributed by atoms with Crippen molar-refractivity contribution < 1.29 is 40.7 Å². The normalized spacial score (nSPS) is 15.6. The van der Waals surface area contributed by atoms with Gasteiger partial charge in [-0.15, -0.1) is 0 Å². The molecule has 1 aliphatic heterocycles. The molecule has 2 amide bonds. The molecule has 0 saturated heterocycles. The first kappa shape index (κ1) is 26.1. The highest BCUT2D eigenvalue weighted by atomic mass is 32.2. The predicted molar refractivity (Wildman–Crippen MR) is 120 cm³/mol. The smallest absolute Gasteiger partial charge is 0.412 e. The van der Waals surface area contributed by atoms with Crippen LogP contribution in [-0.2, 0) is 19.6 Å². The van der Waals surface area contributed by atoms with Gasteiger partial charge in [-0.3, -0.25) is 14.4 Å². The Morgan fingerprint density at radius 2 is 1.80 bits per heavy atom. The summed E-state index contributed by atoms with van der Waals surface area (Å²) in [6, 6.07) is 4.08. The quantitative estimate of drug-likeness (QED) is 0.630. The van der Waals surface area contributed by atoms with Crippen LogP contribution in [0.3, 0.4) is 0 Å². The van der Waals surface area contributed by atoms with Crippen LogP contribution < -0.4 is 19.7 Å². The lowest BCUT2D eigenvalue weighted by atomic mass is 10.2. The highest BCUT2D eigenvalue weighted by molar-refractivity contribution is 7.92. The molecule has 0 saturated carbocycles. The molecular formula is C22H24F3N3O6S. The number of carbonyl (C=O) groups is 2. The van der Waals surface area contributed by atoms with E-state index in [9.17, 15) is 26.8 Å². The zero-order valence-corrected chi connectivity index (χ0v) is 20.1. The molecule has 0 aromatic heterocycles. The van der Waals surface area contributed by atoms with Gasteiger partial charge in [-0.25, -0.2) is 26.4 Å². The lowest BCUT2D eigenvalue weighted by Gasteiger charge is -2.36. The summed E-state index contributed by atoms with van der Waals surface area (Å²) < 4.78 is 80.5. The lowest BCUT2D eigenvalue weighted by Crippen LogP contribution is -2.48. The van der Waals surface area contributed by atoms with E-state index in [0.717, 1.165) is 22.5 Å². The van der Waals surface area contributed by atoms with Gasteiger partial charge in [-0.05, 0) is 45.0 Å². The Bertz CT molecular complexity index is 1260. The number of benzene rings is 2. The van der Waals surface area contributed by atoms with Crippen LogP contribution in [0, 0.1) is 17.5 Å². The van der Waals surface area contributed by atoms with Gasteiger partial charge < -0.3 is 14.8 Å². The maximum absolute atomic E-state index is 15.0. The van der Waals surface area contributed by atoms with Gasteiger partial charge >= 0.3 is 6.09 Å². The largest absolute Gasteiger partial charge is 0.481 e. The average Bonchev–Trinajstić information content (AvgIpc) is 2.72. The third kappa shape index (κ3) is 6.15. The number of sulfonamides is 1. The summed E-state index contributed by atoms with van der Waals surface area (Å²) in [5.74, 6) is -4.53. The summed E-state index contributed by atoms with van der Waals surface area (Å²) in [5, 5.41) is 4.79. The number of hydrogen-bond acceptors (Lipinski definition) is 6. The molecule has 3 rings (SSSR count). The van der Waals surface area contributed by atoms with Crippen LogP contribution >= 0.6 is 0 Å². The van der Waals surface area contributed by atoms with E-state index in [1.165, 1.54) is 6.92 Å². The highest BCUT2D eigenvalue weighted by Gasteiger charge is 2.37. The topological polar surface area (TPSA) is 114 Å². The fraction of sp³-hybridized carbons (Fsp3) is 0.364. The van der Waals surface area contributed by atoms with Crippen molar-refractivity contribution in [2.45, 2.75) is 44.3 Å². The van der Waals surface area contributed by atoms with Gasteiger partial charge in [0.05, 0.1) is 23.7 Å². The summed E-state index contributed by atoms with van der Waals surface area (Å²) in [6.45, 7) is 5.55. The molecule has 0 aliphatic carbocycles. The van der Waals surface area contributed by atoms with E-state index in [-0.39, 0.29) is 17.9 Å². The molecule has 1 aliphatic rings. The number of carbonyl (C=O) groups excluding carboxylic acids is 2. The van der Waals surface area contributed by atoms with Crippen LogP contribution in [0.1, 0.15) is 27.7 Å². The second-order valence-electron chi connectivity index (χ2n) is 8.72. The molecule has 0 bridgehead atoms. The molecule has 9 nitrogen and oxygen atoms in total. The first-order chi connectivity index (χ1) is 16.2. The summed E-state index contributed by atoms with van der Waals surface area (Å²) >= 11 is 0. The van der Waals surface area contributed by atoms with Crippen LogP contribution in [0.15, 0.2) is 35.2 Å². The van der Waals surface area contributed by atoms with Crippen molar-refractivity contribution in [3.63, 3.8) is 0 Å². The summed E-state index contributed by atoms with van der Waals surface area (Å²) in [7, 11) is -4.55. The van der Waals surface area contributed by atoms with Crippen LogP contribution in [0.25, 0.3) is 0 Å². The van der Waals surface area contributed by atoms with Crippen LogP contribution in [0.4, 0.5) is 29.3 Å². The SMILES string of the molecule is CC(=O)NCC1CN(S(=O)(=O)c2ccc(F)c(F)c2)c2cc(NC(=O)OC(C)(C)C)cc(F)c2O1. The predicted octanol–water partition coefficient (Wildman–Crippen LogP) is 3.54. The van der Waals surface area contributed by atoms with Gasteiger partial charge in [0.15, 0.2) is 23.2 Å². The van der Waals surface area contributed by atoms with E-state index in [4.69, 9.17) is 9.47 Å². The zero-order chi connectivity index (χ0) is 26.1. The van der Waals surface area contributed by atoms with Crippen molar-refractivity contribution in [3.05, 3.63) is 47.8 Å². The van der Waals surface area contributed by atoms with Gasteiger partial charge in [0, 0.05) is 18.7 Å². The fourth-order valence-corrected chi connectivity index (χ4v) is 4.72. The maximum Gasteiger partial charge on any atom is 0.412 e. The molecule has 0 radical (unpaired) electrons. The van der Waals surface area contributed by atoms with Crippen molar-refractivity contribution >= 4 is 33.4 Å². The van der Waals surface area contributed by atoms with Crippen molar-refractivity contribution in [3.8, 4) is 5.75 Å². The number of fused-ring (bicyclic) bond motifs is 1. The third-order valence-corrected chi connectivity index (χ3v) is 6.43. The molecule has 2 aromatic carbocycles. The molecule has 35 heavy (non-hydrogen) atoms. The molecule has 2 N–H and O–H groups in total. The Balaban J connectivity index is 2.06. The highest BCUT2D eigenvalue weighted by Crippen LogP contribution is 2.41. The molecule has 0 fully saturated rings. The maximum atomic E-state index is 15.0. The van der Waals surface area contributed by atoms with Gasteiger partial charge in [0.2, 0.25) is 5.91 Å². The van der Waals surface area contributed by atoms with Gasteiger partial charge in [-0.1, -0.05) is 0 Å².